The van der Waals surface area contributed by atoms with Gasteiger partial charge < -0.3 is 14.2 Å². The van der Waals surface area contributed by atoms with Crippen molar-refractivity contribution in [2.75, 3.05) is 27.4 Å². The Hall–Kier alpha value is -1.55. The molecule has 0 N–H and O–H groups in total. The van der Waals surface area contributed by atoms with Crippen LogP contribution in [0.1, 0.15) is 17.9 Å². The van der Waals surface area contributed by atoms with Gasteiger partial charge in [0.15, 0.2) is 0 Å². The lowest BCUT2D eigenvalue weighted by molar-refractivity contribution is -0.144. The molecular weight excluding hydrogens is 232 g/mol. The van der Waals surface area contributed by atoms with E-state index in [2.05, 4.69) is 0 Å². The summed E-state index contributed by atoms with van der Waals surface area (Å²) in [4.78, 5) is 11.9. The van der Waals surface area contributed by atoms with E-state index in [0.717, 1.165) is 30.9 Å². The third kappa shape index (κ3) is 2.64. The zero-order chi connectivity index (χ0) is 13.0. The number of carbonyl (C=O) groups excluding carboxylic acids is 1. The van der Waals surface area contributed by atoms with Crippen molar-refractivity contribution in [1.82, 2.24) is 0 Å². The minimum absolute atomic E-state index is 0.216. The average molecular weight is 250 g/mol. The molecule has 4 heteroatoms. The van der Waals surface area contributed by atoms with Crippen molar-refractivity contribution in [3.05, 3.63) is 29.8 Å². The first kappa shape index (κ1) is 12.9. The molecule has 1 heterocycles. The zero-order valence-corrected chi connectivity index (χ0v) is 10.7. The SMILES string of the molecule is COC(=O)C(CC1COC1)c1ccccc1OC. The molecule has 0 aliphatic carbocycles. The number of benzene rings is 1. The molecule has 0 aromatic heterocycles. The third-order valence-corrected chi connectivity index (χ3v) is 3.28. The maximum absolute atomic E-state index is 11.9. The van der Waals surface area contributed by atoms with Gasteiger partial charge in [-0.2, -0.15) is 0 Å². The predicted molar refractivity (Wildman–Crippen MR) is 66.7 cm³/mol. The molecule has 1 aliphatic heterocycles. The van der Waals surface area contributed by atoms with Crippen LogP contribution in [-0.2, 0) is 14.3 Å². The quantitative estimate of drug-likeness (QED) is 0.750. The van der Waals surface area contributed by atoms with Crippen molar-refractivity contribution in [3.63, 3.8) is 0 Å². The minimum Gasteiger partial charge on any atom is -0.496 e. The molecule has 0 bridgehead atoms. The van der Waals surface area contributed by atoms with Gasteiger partial charge in [0, 0.05) is 11.5 Å². The number of para-hydroxylation sites is 1. The van der Waals surface area contributed by atoms with Crippen molar-refractivity contribution in [3.8, 4) is 5.75 Å². The molecule has 98 valence electrons. The molecule has 0 saturated carbocycles. The van der Waals surface area contributed by atoms with Gasteiger partial charge in [-0.1, -0.05) is 18.2 Å². The molecule has 2 rings (SSSR count). The fraction of sp³-hybridized carbons (Fsp3) is 0.500. The van der Waals surface area contributed by atoms with Crippen LogP contribution in [0.4, 0.5) is 0 Å². The van der Waals surface area contributed by atoms with Gasteiger partial charge in [0.1, 0.15) is 5.75 Å². The van der Waals surface area contributed by atoms with E-state index < -0.39 is 0 Å². The van der Waals surface area contributed by atoms with Gasteiger partial charge in [0.05, 0.1) is 33.4 Å². The van der Waals surface area contributed by atoms with Gasteiger partial charge in [-0.05, 0) is 12.5 Å². The van der Waals surface area contributed by atoms with Gasteiger partial charge in [-0.15, -0.1) is 0 Å². The van der Waals surface area contributed by atoms with Crippen LogP contribution < -0.4 is 4.74 Å². The first-order valence-corrected chi connectivity index (χ1v) is 6.04. The zero-order valence-electron chi connectivity index (χ0n) is 10.7. The summed E-state index contributed by atoms with van der Waals surface area (Å²) in [6.45, 7) is 1.45. The summed E-state index contributed by atoms with van der Waals surface area (Å²) < 4.78 is 15.4. The Kier molecular flexibility index (Phi) is 4.20. The average Bonchev–Trinajstić information content (AvgIpc) is 2.37. The standard InChI is InChI=1S/C14H18O4/c1-16-13-6-4-3-5-11(13)12(14(15)17-2)7-10-8-18-9-10/h3-6,10,12H,7-9H2,1-2H3. The van der Waals surface area contributed by atoms with Crippen LogP contribution in [0.25, 0.3) is 0 Å². The van der Waals surface area contributed by atoms with Crippen molar-refractivity contribution < 1.29 is 19.0 Å². The van der Waals surface area contributed by atoms with Crippen LogP contribution in [0.5, 0.6) is 5.75 Å². The number of carbonyl (C=O) groups is 1. The highest BCUT2D eigenvalue weighted by atomic mass is 16.5. The fourth-order valence-corrected chi connectivity index (χ4v) is 2.20. The van der Waals surface area contributed by atoms with Gasteiger partial charge in [-0.25, -0.2) is 0 Å². The summed E-state index contributed by atoms with van der Waals surface area (Å²) in [5.41, 5.74) is 0.888. The molecule has 0 radical (unpaired) electrons. The molecule has 1 fully saturated rings. The minimum atomic E-state index is -0.278. The lowest BCUT2D eigenvalue weighted by Gasteiger charge is -2.29. The van der Waals surface area contributed by atoms with Crippen LogP contribution >= 0.6 is 0 Å². The third-order valence-electron chi connectivity index (χ3n) is 3.28. The van der Waals surface area contributed by atoms with E-state index in [4.69, 9.17) is 14.2 Å². The second-order valence-electron chi connectivity index (χ2n) is 4.46. The lowest BCUT2D eigenvalue weighted by atomic mass is 9.87. The maximum atomic E-state index is 11.9. The summed E-state index contributed by atoms with van der Waals surface area (Å²) in [6, 6.07) is 7.58. The lowest BCUT2D eigenvalue weighted by Crippen LogP contribution is -2.31. The number of ether oxygens (including phenoxy) is 3. The Balaban J connectivity index is 2.23. The highest BCUT2D eigenvalue weighted by molar-refractivity contribution is 5.79. The number of esters is 1. The largest absolute Gasteiger partial charge is 0.496 e. The second-order valence-corrected chi connectivity index (χ2v) is 4.46. The van der Waals surface area contributed by atoms with E-state index in [0.29, 0.717) is 5.92 Å². The summed E-state index contributed by atoms with van der Waals surface area (Å²) >= 11 is 0. The van der Waals surface area contributed by atoms with Crippen LogP contribution in [0.3, 0.4) is 0 Å². The van der Waals surface area contributed by atoms with E-state index in [1.54, 1.807) is 7.11 Å². The summed E-state index contributed by atoms with van der Waals surface area (Å²) in [5.74, 6) is 0.665. The molecule has 4 nitrogen and oxygen atoms in total. The maximum Gasteiger partial charge on any atom is 0.313 e. The van der Waals surface area contributed by atoms with Crippen LogP contribution in [0, 0.1) is 5.92 Å². The Bertz CT molecular complexity index is 412. The molecule has 0 amide bonds. The highest BCUT2D eigenvalue weighted by Crippen LogP contribution is 2.33. The topological polar surface area (TPSA) is 44.8 Å². The molecule has 1 aromatic rings. The Morgan fingerprint density at radius 1 is 1.39 bits per heavy atom. The molecule has 1 unspecified atom stereocenters. The van der Waals surface area contributed by atoms with E-state index in [-0.39, 0.29) is 11.9 Å². The Morgan fingerprint density at radius 3 is 2.67 bits per heavy atom. The summed E-state index contributed by atoms with van der Waals surface area (Å²) in [5, 5.41) is 0. The second kappa shape index (κ2) is 5.87. The number of hydrogen-bond donors (Lipinski definition) is 0. The first-order valence-electron chi connectivity index (χ1n) is 6.04. The highest BCUT2D eigenvalue weighted by Gasteiger charge is 2.30. The van der Waals surface area contributed by atoms with E-state index in [1.165, 1.54) is 7.11 Å². The van der Waals surface area contributed by atoms with Crippen molar-refractivity contribution >= 4 is 5.97 Å². The number of rotatable bonds is 5. The molecule has 1 aromatic carbocycles. The van der Waals surface area contributed by atoms with Gasteiger partial charge in [-0.3, -0.25) is 4.79 Å². The summed E-state index contributed by atoms with van der Waals surface area (Å²) in [6.07, 6.45) is 0.743. The molecule has 1 atom stereocenters. The molecule has 1 saturated heterocycles. The van der Waals surface area contributed by atoms with E-state index in [1.807, 2.05) is 24.3 Å². The van der Waals surface area contributed by atoms with Gasteiger partial charge >= 0.3 is 5.97 Å². The molecule has 18 heavy (non-hydrogen) atoms. The van der Waals surface area contributed by atoms with Crippen molar-refractivity contribution in [2.45, 2.75) is 12.3 Å². The van der Waals surface area contributed by atoms with Crippen molar-refractivity contribution in [2.24, 2.45) is 5.92 Å². The molecule has 0 spiro atoms. The van der Waals surface area contributed by atoms with Crippen LogP contribution in [0.15, 0.2) is 24.3 Å². The Morgan fingerprint density at radius 2 is 2.11 bits per heavy atom. The van der Waals surface area contributed by atoms with Gasteiger partial charge in [0.25, 0.3) is 0 Å². The monoisotopic (exact) mass is 250 g/mol. The smallest absolute Gasteiger partial charge is 0.313 e. The van der Waals surface area contributed by atoms with Gasteiger partial charge in [0.2, 0.25) is 0 Å². The van der Waals surface area contributed by atoms with Crippen LogP contribution in [-0.4, -0.2) is 33.4 Å². The first-order chi connectivity index (χ1) is 8.76. The predicted octanol–water partition coefficient (Wildman–Crippen LogP) is 1.99. The fourth-order valence-electron chi connectivity index (χ4n) is 2.20. The van der Waals surface area contributed by atoms with E-state index >= 15 is 0 Å². The normalized spacial score (nSPS) is 16.8. The van der Waals surface area contributed by atoms with Crippen molar-refractivity contribution in [1.29, 1.82) is 0 Å². The van der Waals surface area contributed by atoms with Crippen LogP contribution in [0.2, 0.25) is 0 Å². The molecule has 1 aliphatic rings. The molecular formula is C14H18O4. The number of methoxy groups -OCH3 is 2. The summed E-state index contributed by atoms with van der Waals surface area (Å²) in [7, 11) is 3.03. The van der Waals surface area contributed by atoms with E-state index in [9.17, 15) is 4.79 Å². The Labute approximate surface area is 107 Å². The number of hydrogen-bond acceptors (Lipinski definition) is 4.